The molecule has 0 aromatic heterocycles. The van der Waals surface area contributed by atoms with Crippen molar-refractivity contribution in [2.45, 2.75) is 0 Å². The number of guanidine groups is 1. The van der Waals surface area contributed by atoms with E-state index >= 15 is 0 Å². The van der Waals surface area contributed by atoms with Gasteiger partial charge in [-0.25, -0.2) is 19.3 Å². The second-order valence-electron chi connectivity index (χ2n) is 2.33. The van der Waals surface area contributed by atoms with Gasteiger partial charge in [-0.2, -0.15) is 0 Å². The van der Waals surface area contributed by atoms with Crippen LogP contribution in [-0.2, 0) is 0 Å². The first kappa shape index (κ1) is 10.7. The SMILES string of the molecule is NC(=Nc1c(F)cc(F)cc1Cl)NO. The highest BCUT2D eigenvalue weighted by atomic mass is 35.5. The van der Waals surface area contributed by atoms with Crippen molar-refractivity contribution in [3.05, 3.63) is 28.8 Å². The summed E-state index contributed by atoms with van der Waals surface area (Å²) >= 11 is 5.48. The van der Waals surface area contributed by atoms with E-state index in [-0.39, 0.29) is 10.7 Å². The Labute approximate surface area is 83.0 Å². The molecule has 1 aromatic carbocycles. The van der Waals surface area contributed by atoms with Gasteiger partial charge < -0.3 is 5.73 Å². The third-order valence-corrected chi connectivity index (χ3v) is 1.62. The Kier molecular flexibility index (Phi) is 3.21. The minimum absolute atomic E-state index is 0.235. The van der Waals surface area contributed by atoms with E-state index in [0.29, 0.717) is 6.07 Å². The molecule has 0 aliphatic heterocycles. The fourth-order valence-corrected chi connectivity index (χ4v) is 1.02. The lowest BCUT2D eigenvalue weighted by molar-refractivity contribution is 0.233. The number of benzene rings is 1. The summed E-state index contributed by atoms with van der Waals surface area (Å²) in [6.07, 6.45) is 0. The predicted octanol–water partition coefficient (Wildman–Crippen LogP) is 1.54. The van der Waals surface area contributed by atoms with Crippen molar-refractivity contribution in [2.75, 3.05) is 0 Å². The Balaban J connectivity index is 3.21. The number of rotatable bonds is 1. The van der Waals surface area contributed by atoms with Crippen LogP contribution in [0.5, 0.6) is 0 Å². The molecule has 76 valence electrons. The first-order valence-electron chi connectivity index (χ1n) is 3.43. The molecule has 0 aliphatic rings. The van der Waals surface area contributed by atoms with Gasteiger partial charge in [-0.05, 0) is 6.07 Å². The van der Waals surface area contributed by atoms with Gasteiger partial charge in [0.25, 0.3) is 0 Å². The van der Waals surface area contributed by atoms with Gasteiger partial charge in [-0.3, -0.25) is 5.21 Å². The normalized spacial score (nSPS) is 11.6. The molecule has 4 N–H and O–H groups in total. The monoisotopic (exact) mass is 221 g/mol. The minimum atomic E-state index is -0.965. The lowest BCUT2D eigenvalue weighted by atomic mass is 10.3. The van der Waals surface area contributed by atoms with Crippen LogP contribution in [0.3, 0.4) is 0 Å². The van der Waals surface area contributed by atoms with Gasteiger partial charge in [0.05, 0.1) is 5.02 Å². The van der Waals surface area contributed by atoms with Crippen LogP contribution >= 0.6 is 11.6 Å². The largest absolute Gasteiger partial charge is 0.368 e. The van der Waals surface area contributed by atoms with Crippen LogP contribution in [0.1, 0.15) is 0 Å². The first-order chi connectivity index (χ1) is 6.54. The van der Waals surface area contributed by atoms with Crippen LogP contribution in [0.15, 0.2) is 17.1 Å². The summed E-state index contributed by atoms with van der Waals surface area (Å²) < 4.78 is 25.6. The zero-order chi connectivity index (χ0) is 10.7. The highest BCUT2D eigenvalue weighted by Gasteiger charge is 2.09. The lowest BCUT2D eigenvalue weighted by Gasteiger charge is -2.02. The van der Waals surface area contributed by atoms with E-state index in [9.17, 15) is 8.78 Å². The molecule has 0 heterocycles. The molecule has 0 radical (unpaired) electrons. The maximum Gasteiger partial charge on any atom is 0.218 e. The summed E-state index contributed by atoms with van der Waals surface area (Å²) in [6, 6.07) is 1.49. The van der Waals surface area contributed by atoms with Crippen molar-refractivity contribution < 1.29 is 14.0 Å². The third kappa shape index (κ3) is 2.30. The Bertz CT molecular complexity index is 360. The Morgan fingerprint density at radius 3 is 2.64 bits per heavy atom. The molecule has 0 saturated heterocycles. The standard InChI is InChI=1S/C7H6ClF2N3O/c8-4-1-3(9)2-5(10)6(4)12-7(11)13-14/h1-2,14H,(H3,11,12,13). The highest BCUT2D eigenvalue weighted by Crippen LogP contribution is 2.28. The Morgan fingerprint density at radius 2 is 2.14 bits per heavy atom. The summed E-state index contributed by atoms with van der Waals surface area (Å²) in [5.74, 6) is -2.23. The molecular formula is C7H6ClF2N3O. The quantitative estimate of drug-likeness (QED) is 0.383. The van der Waals surface area contributed by atoms with E-state index in [1.165, 1.54) is 5.48 Å². The topological polar surface area (TPSA) is 70.6 Å². The van der Waals surface area contributed by atoms with Crippen LogP contribution in [0.25, 0.3) is 0 Å². The molecule has 0 atom stereocenters. The first-order valence-corrected chi connectivity index (χ1v) is 3.81. The highest BCUT2D eigenvalue weighted by molar-refractivity contribution is 6.33. The molecule has 0 bridgehead atoms. The van der Waals surface area contributed by atoms with Gasteiger partial charge >= 0.3 is 0 Å². The molecule has 0 unspecified atom stereocenters. The minimum Gasteiger partial charge on any atom is -0.368 e. The molecule has 7 heteroatoms. The van der Waals surface area contributed by atoms with Crippen molar-refractivity contribution in [2.24, 2.45) is 10.7 Å². The van der Waals surface area contributed by atoms with Crippen LogP contribution < -0.4 is 11.2 Å². The number of nitrogens with two attached hydrogens (primary N) is 1. The number of halogens is 3. The second-order valence-corrected chi connectivity index (χ2v) is 2.73. The van der Waals surface area contributed by atoms with Crippen molar-refractivity contribution >= 4 is 23.2 Å². The van der Waals surface area contributed by atoms with Gasteiger partial charge in [0, 0.05) is 6.07 Å². The number of hydrogen-bond donors (Lipinski definition) is 3. The number of nitrogens with zero attached hydrogens (tertiary/aromatic N) is 1. The molecule has 14 heavy (non-hydrogen) atoms. The average molecular weight is 222 g/mol. The van der Waals surface area contributed by atoms with Gasteiger partial charge in [-0.15, -0.1) is 0 Å². The molecule has 0 amide bonds. The molecular weight excluding hydrogens is 216 g/mol. The zero-order valence-corrected chi connectivity index (χ0v) is 7.52. The van der Waals surface area contributed by atoms with Gasteiger partial charge in [0.15, 0.2) is 5.82 Å². The Morgan fingerprint density at radius 1 is 1.50 bits per heavy atom. The van der Waals surface area contributed by atoms with Crippen molar-refractivity contribution in [1.82, 2.24) is 5.48 Å². The fraction of sp³-hybridized carbons (Fsp3) is 0. The van der Waals surface area contributed by atoms with Gasteiger partial charge in [-0.1, -0.05) is 11.6 Å². The number of aliphatic imine (C=N–C) groups is 1. The average Bonchev–Trinajstić information content (AvgIpc) is 2.10. The number of nitrogens with one attached hydrogen (secondary N) is 1. The van der Waals surface area contributed by atoms with Crippen LogP contribution in [-0.4, -0.2) is 11.2 Å². The molecule has 1 rings (SSSR count). The van der Waals surface area contributed by atoms with E-state index < -0.39 is 17.6 Å². The maximum atomic E-state index is 13.0. The molecule has 4 nitrogen and oxygen atoms in total. The van der Waals surface area contributed by atoms with Crippen molar-refractivity contribution in [1.29, 1.82) is 0 Å². The predicted molar refractivity (Wildman–Crippen MR) is 47.6 cm³/mol. The number of hydrogen-bond acceptors (Lipinski definition) is 2. The Hall–Kier alpha value is -1.40. The molecule has 0 saturated carbocycles. The van der Waals surface area contributed by atoms with E-state index in [4.69, 9.17) is 22.5 Å². The van der Waals surface area contributed by atoms with E-state index in [0.717, 1.165) is 6.07 Å². The van der Waals surface area contributed by atoms with Crippen LogP contribution in [0.2, 0.25) is 5.02 Å². The molecule has 1 aromatic rings. The molecule has 0 spiro atoms. The molecule has 0 fully saturated rings. The van der Waals surface area contributed by atoms with E-state index in [1.54, 1.807) is 0 Å². The van der Waals surface area contributed by atoms with Crippen molar-refractivity contribution in [3.8, 4) is 0 Å². The summed E-state index contributed by atoms with van der Waals surface area (Å²) in [4.78, 5) is 3.38. The molecule has 0 aliphatic carbocycles. The van der Waals surface area contributed by atoms with E-state index in [2.05, 4.69) is 4.99 Å². The number of hydroxylamine groups is 1. The third-order valence-electron chi connectivity index (χ3n) is 1.33. The fourth-order valence-electron chi connectivity index (χ4n) is 0.787. The second kappa shape index (κ2) is 4.21. The van der Waals surface area contributed by atoms with Crippen LogP contribution in [0, 0.1) is 11.6 Å². The van der Waals surface area contributed by atoms with Crippen molar-refractivity contribution in [3.63, 3.8) is 0 Å². The zero-order valence-electron chi connectivity index (χ0n) is 6.76. The van der Waals surface area contributed by atoms with Gasteiger partial charge in [0.2, 0.25) is 5.96 Å². The van der Waals surface area contributed by atoms with Gasteiger partial charge in [0.1, 0.15) is 11.5 Å². The summed E-state index contributed by atoms with van der Waals surface area (Å²) in [6.45, 7) is 0. The lowest BCUT2D eigenvalue weighted by Crippen LogP contribution is -2.27. The smallest absolute Gasteiger partial charge is 0.218 e. The van der Waals surface area contributed by atoms with E-state index in [1.807, 2.05) is 0 Å². The summed E-state index contributed by atoms with van der Waals surface area (Å²) in [5, 5.41) is 8.05. The maximum absolute atomic E-state index is 13.0. The summed E-state index contributed by atoms with van der Waals surface area (Å²) in [5.41, 5.74) is 6.20. The van der Waals surface area contributed by atoms with Crippen LogP contribution in [0.4, 0.5) is 14.5 Å². The summed E-state index contributed by atoms with van der Waals surface area (Å²) in [7, 11) is 0.